The smallest absolute Gasteiger partial charge is 0.416 e. The predicted octanol–water partition coefficient (Wildman–Crippen LogP) is 4.27. The van der Waals surface area contributed by atoms with Crippen LogP contribution < -0.4 is 20.9 Å². The molecule has 29 heavy (non-hydrogen) atoms. The number of anilines is 2. The quantitative estimate of drug-likeness (QED) is 0.618. The minimum absolute atomic E-state index is 0.105. The van der Waals surface area contributed by atoms with Gasteiger partial charge in [0.25, 0.3) is 5.56 Å². The molecule has 0 aliphatic heterocycles. The molecule has 6 nitrogen and oxygen atoms in total. The molecule has 2 aromatic carbocycles. The Morgan fingerprint density at radius 1 is 1.03 bits per heavy atom. The highest BCUT2D eigenvalue weighted by atomic mass is 19.4. The van der Waals surface area contributed by atoms with Gasteiger partial charge in [0.1, 0.15) is 17.3 Å². The van der Waals surface area contributed by atoms with Crippen LogP contribution in [0.4, 0.5) is 29.1 Å². The molecule has 0 amide bonds. The van der Waals surface area contributed by atoms with Gasteiger partial charge in [0.2, 0.25) is 0 Å². The summed E-state index contributed by atoms with van der Waals surface area (Å²) in [6.45, 7) is 0. The van der Waals surface area contributed by atoms with Crippen LogP contribution in [0.2, 0.25) is 0 Å². The lowest BCUT2D eigenvalue weighted by atomic mass is 10.2. The van der Waals surface area contributed by atoms with E-state index in [1.165, 1.54) is 38.4 Å². The van der Waals surface area contributed by atoms with Gasteiger partial charge in [0.05, 0.1) is 11.3 Å². The Balaban J connectivity index is 2.18. The van der Waals surface area contributed by atoms with E-state index in [0.29, 0.717) is 0 Å². The highest BCUT2D eigenvalue weighted by molar-refractivity contribution is 5.64. The molecule has 0 saturated carbocycles. The zero-order valence-electron chi connectivity index (χ0n) is 15.3. The summed E-state index contributed by atoms with van der Waals surface area (Å²) >= 11 is 0. The molecule has 0 unspecified atom stereocenters. The third-order valence-corrected chi connectivity index (χ3v) is 3.99. The van der Waals surface area contributed by atoms with Crippen LogP contribution >= 0.6 is 0 Å². The number of aromatic nitrogens is 2. The lowest BCUT2D eigenvalue weighted by Crippen LogP contribution is -2.25. The van der Waals surface area contributed by atoms with Gasteiger partial charge in [0, 0.05) is 14.1 Å². The second-order valence-corrected chi connectivity index (χ2v) is 5.86. The zero-order chi connectivity index (χ0) is 21.2. The molecule has 0 atom stereocenters. The molecule has 3 rings (SSSR count). The first kappa shape index (κ1) is 20.2. The number of alkyl halides is 3. The van der Waals surface area contributed by atoms with Crippen LogP contribution in [0, 0.1) is 5.82 Å². The molecule has 0 spiro atoms. The topological polar surface area (TPSA) is 68.2 Å². The van der Waals surface area contributed by atoms with Crippen molar-refractivity contribution < 1.29 is 22.3 Å². The molecule has 0 saturated heterocycles. The number of ether oxygens (including phenoxy) is 1. The van der Waals surface area contributed by atoms with Gasteiger partial charge in [0.15, 0.2) is 5.82 Å². The highest BCUT2D eigenvalue weighted by Gasteiger charge is 2.31. The average Bonchev–Trinajstić information content (AvgIpc) is 2.68. The van der Waals surface area contributed by atoms with E-state index >= 15 is 0 Å². The van der Waals surface area contributed by atoms with Gasteiger partial charge < -0.3 is 15.4 Å². The first-order valence-electron chi connectivity index (χ1n) is 8.38. The van der Waals surface area contributed by atoms with E-state index in [2.05, 4.69) is 15.6 Å². The van der Waals surface area contributed by atoms with Crippen molar-refractivity contribution in [1.29, 1.82) is 0 Å². The normalized spacial score (nSPS) is 11.2. The van der Waals surface area contributed by atoms with E-state index in [1.54, 1.807) is 0 Å². The molecule has 3 aromatic rings. The maximum absolute atomic E-state index is 13.3. The van der Waals surface area contributed by atoms with Crippen molar-refractivity contribution in [2.45, 2.75) is 6.18 Å². The van der Waals surface area contributed by atoms with E-state index in [4.69, 9.17) is 4.74 Å². The van der Waals surface area contributed by atoms with Crippen LogP contribution in [0.25, 0.3) is 5.69 Å². The van der Waals surface area contributed by atoms with Crippen molar-refractivity contribution in [3.05, 3.63) is 70.3 Å². The fourth-order valence-corrected chi connectivity index (χ4v) is 2.64. The SMILES string of the molecule is CNc1nc(Oc2cccc(C(F)(F)F)c2)n(-c2ccc(F)cc2)c(=O)c1NC. The van der Waals surface area contributed by atoms with Crippen LogP contribution in [0.3, 0.4) is 0 Å². The molecule has 2 N–H and O–H groups in total. The number of benzene rings is 2. The highest BCUT2D eigenvalue weighted by Crippen LogP contribution is 2.33. The summed E-state index contributed by atoms with van der Waals surface area (Å²) < 4.78 is 58.9. The molecule has 1 heterocycles. The minimum Gasteiger partial charge on any atom is -0.425 e. The van der Waals surface area contributed by atoms with Gasteiger partial charge in [-0.25, -0.2) is 8.96 Å². The minimum atomic E-state index is -4.56. The van der Waals surface area contributed by atoms with Gasteiger partial charge in [-0.15, -0.1) is 0 Å². The van der Waals surface area contributed by atoms with Crippen molar-refractivity contribution in [3.63, 3.8) is 0 Å². The summed E-state index contributed by atoms with van der Waals surface area (Å²) in [5.74, 6) is -0.546. The van der Waals surface area contributed by atoms with E-state index in [0.717, 1.165) is 28.8 Å². The largest absolute Gasteiger partial charge is 0.425 e. The van der Waals surface area contributed by atoms with Crippen molar-refractivity contribution in [2.75, 3.05) is 24.7 Å². The third kappa shape index (κ3) is 4.15. The second kappa shape index (κ2) is 7.82. The summed E-state index contributed by atoms with van der Waals surface area (Å²) in [5, 5.41) is 5.45. The molecule has 0 radical (unpaired) electrons. The van der Waals surface area contributed by atoms with Gasteiger partial charge in [-0.2, -0.15) is 18.2 Å². The molecule has 0 fully saturated rings. The number of halogens is 4. The summed E-state index contributed by atoms with van der Waals surface area (Å²) in [6.07, 6.45) is -4.56. The van der Waals surface area contributed by atoms with Gasteiger partial charge in [-0.3, -0.25) is 4.79 Å². The monoisotopic (exact) mass is 408 g/mol. The Hall–Kier alpha value is -3.56. The van der Waals surface area contributed by atoms with Gasteiger partial charge in [-0.05, 0) is 42.5 Å². The van der Waals surface area contributed by atoms with E-state index in [9.17, 15) is 22.4 Å². The molecular weight excluding hydrogens is 392 g/mol. The standard InChI is InChI=1S/C19H16F4N4O2/c1-24-15-16(25-2)26-18(27(17(15)28)13-8-6-12(20)7-9-13)29-14-5-3-4-11(10-14)19(21,22)23/h3-10,24-25H,1-2H3. The molecule has 10 heteroatoms. The molecule has 0 bridgehead atoms. The zero-order valence-corrected chi connectivity index (χ0v) is 15.3. The molecular formula is C19H16F4N4O2. The maximum Gasteiger partial charge on any atom is 0.416 e. The maximum atomic E-state index is 13.3. The van der Waals surface area contributed by atoms with E-state index < -0.39 is 23.1 Å². The number of hydrogen-bond donors (Lipinski definition) is 2. The summed E-state index contributed by atoms with van der Waals surface area (Å²) in [7, 11) is 3.04. The first-order valence-corrected chi connectivity index (χ1v) is 8.38. The Morgan fingerprint density at radius 2 is 1.72 bits per heavy atom. The van der Waals surface area contributed by atoms with Crippen LogP contribution in [0.1, 0.15) is 5.56 Å². The third-order valence-electron chi connectivity index (χ3n) is 3.99. The van der Waals surface area contributed by atoms with Gasteiger partial charge in [-0.1, -0.05) is 6.07 Å². The summed E-state index contributed by atoms with van der Waals surface area (Å²) in [6, 6.07) is 8.83. The number of nitrogens with zero attached hydrogens (tertiary/aromatic N) is 2. The van der Waals surface area contributed by atoms with Gasteiger partial charge >= 0.3 is 12.2 Å². The molecule has 0 aliphatic rings. The van der Waals surface area contributed by atoms with Crippen LogP contribution in [0.5, 0.6) is 11.8 Å². The Bertz CT molecular complexity index is 1080. The van der Waals surface area contributed by atoms with Crippen molar-refractivity contribution in [2.24, 2.45) is 0 Å². The molecule has 0 aliphatic carbocycles. The Morgan fingerprint density at radius 3 is 2.31 bits per heavy atom. The average molecular weight is 408 g/mol. The number of rotatable bonds is 5. The van der Waals surface area contributed by atoms with Crippen LogP contribution in [-0.2, 0) is 6.18 Å². The van der Waals surface area contributed by atoms with E-state index in [1.807, 2.05) is 0 Å². The molecule has 1 aromatic heterocycles. The predicted molar refractivity (Wildman–Crippen MR) is 100 cm³/mol. The number of hydrogen-bond acceptors (Lipinski definition) is 5. The Kier molecular flexibility index (Phi) is 5.44. The fraction of sp³-hybridized carbons (Fsp3) is 0.158. The first-order chi connectivity index (χ1) is 13.7. The second-order valence-electron chi connectivity index (χ2n) is 5.86. The van der Waals surface area contributed by atoms with Crippen molar-refractivity contribution in [1.82, 2.24) is 9.55 Å². The fourth-order valence-electron chi connectivity index (χ4n) is 2.64. The van der Waals surface area contributed by atoms with Crippen LogP contribution in [0.15, 0.2) is 53.3 Å². The summed E-state index contributed by atoms with van der Waals surface area (Å²) in [5.41, 5.74) is -1.16. The van der Waals surface area contributed by atoms with Crippen LogP contribution in [-0.4, -0.2) is 23.6 Å². The van der Waals surface area contributed by atoms with Crippen molar-refractivity contribution >= 4 is 11.5 Å². The van der Waals surface area contributed by atoms with E-state index in [-0.39, 0.29) is 29.0 Å². The lowest BCUT2D eigenvalue weighted by Gasteiger charge is -2.17. The summed E-state index contributed by atoms with van der Waals surface area (Å²) in [4.78, 5) is 17.2. The van der Waals surface area contributed by atoms with Crippen molar-refractivity contribution in [3.8, 4) is 17.4 Å². The Labute approximate surface area is 162 Å². The lowest BCUT2D eigenvalue weighted by molar-refractivity contribution is -0.137. The number of nitrogens with one attached hydrogen (secondary N) is 2. The molecule has 152 valence electrons.